The standard InChI is InChI=1S/C19H21N5O3/c25-14(22-6-8-23(9-7-22)19-20-4-1-5-21-19)11-24-17(26)15-12-2-3-13(10-12)16(15)18(24)27/h1-5,12-13,15-16H,6-11H2/t12-,13+,15-,16+. The van der Waals surface area contributed by atoms with Crippen molar-refractivity contribution >= 4 is 23.7 Å². The van der Waals surface area contributed by atoms with Crippen LogP contribution in [0.25, 0.3) is 0 Å². The van der Waals surface area contributed by atoms with Gasteiger partial charge in [-0.2, -0.15) is 0 Å². The minimum absolute atomic E-state index is 0.133. The van der Waals surface area contributed by atoms with E-state index in [1.54, 1.807) is 23.4 Å². The lowest BCUT2D eigenvalue weighted by Crippen LogP contribution is -2.52. The number of allylic oxidation sites excluding steroid dienone is 2. The Kier molecular flexibility index (Phi) is 3.73. The molecule has 1 saturated carbocycles. The average Bonchev–Trinajstić information content (AvgIpc) is 3.39. The molecule has 0 spiro atoms. The van der Waals surface area contributed by atoms with Crippen LogP contribution in [-0.2, 0) is 14.4 Å². The summed E-state index contributed by atoms with van der Waals surface area (Å²) in [6, 6.07) is 1.77. The maximum absolute atomic E-state index is 12.7. The summed E-state index contributed by atoms with van der Waals surface area (Å²) in [5.74, 6) is 0.0330. The first-order chi connectivity index (χ1) is 13.1. The Labute approximate surface area is 156 Å². The highest BCUT2D eigenvalue weighted by Gasteiger charge is 2.59. The number of imide groups is 1. The van der Waals surface area contributed by atoms with Crippen molar-refractivity contribution in [3.8, 4) is 0 Å². The Bertz CT molecular complexity index is 788. The van der Waals surface area contributed by atoms with Gasteiger partial charge in [-0.25, -0.2) is 9.97 Å². The van der Waals surface area contributed by atoms with Crippen LogP contribution in [0.2, 0.25) is 0 Å². The molecule has 1 aromatic heterocycles. The van der Waals surface area contributed by atoms with Gasteiger partial charge in [0.15, 0.2) is 0 Å². The molecule has 0 N–H and O–H groups in total. The number of nitrogens with zero attached hydrogens (tertiary/aromatic N) is 5. The van der Waals surface area contributed by atoms with E-state index in [1.807, 2.05) is 4.90 Å². The molecule has 2 aliphatic carbocycles. The molecule has 2 saturated heterocycles. The van der Waals surface area contributed by atoms with Crippen LogP contribution in [0.1, 0.15) is 6.42 Å². The van der Waals surface area contributed by atoms with Crippen LogP contribution in [-0.4, -0.2) is 70.2 Å². The summed E-state index contributed by atoms with van der Waals surface area (Å²) in [6.07, 6.45) is 8.42. The lowest BCUT2D eigenvalue weighted by molar-refractivity contribution is -0.147. The monoisotopic (exact) mass is 367 g/mol. The molecule has 8 heteroatoms. The van der Waals surface area contributed by atoms with E-state index in [1.165, 1.54) is 4.90 Å². The summed E-state index contributed by atoms with van der Waals surface area (Å²) in [5, 5.41) is 0. The first-order valence-corrected chi connectivity index (χ1v) is 9.47. The fourth-order valence-electron chi connectivity index (χ4n) is 4.97. The molecule has 5 rings (SSSR count). The number of carbonyl (C=O) groups is 3. The van der Waals surface area contributed by atoms with E-state index in [2.05, 4.69) is 22.1 Å². The molecule has 3 amide bonds. The number of amides is 3. The number of carbonyl (C=O) groups excluding carboxylic acids is 3. The maximum atomic E-state index is 12.7. The Balaban J connectivity index is 1.21. The third kappa shape index (κ3) is 2.54. The van der Waals surface area contributed by atoms with Crippen molar-refractivity contribution < 1.29 is 14.4 Å². The highest BCUT2D eigenvalue weighted by molar-refractivity contribution is 6.08. The van der Waals surface area contributed by atoms with Crippen molar-refractivity contribution in [2.75, 3.05) is 37.6 Å². The van der Waals surface area contributed by atoms with Gasteiger partial charge in [-0.3, -0.25) is 19.3 Å². The minimum Gasteiger partial charge on any atom is -0.338 e. The number of fused-ring (bicyclic) bond motifs is 5. The van der Waals surface area contributed by atoms with Crippen LogP contribution in [0, 0.1) is 23.7 Å². The van der Waals surface area contributed by atoms with Gasteiger partial charge in [0.2, 0.25) is 23.7 Å². The number of anilines is 1. The molecule has 1 aromatic rings. The molecule has 3 fully saturated rings. The zero-order chi connectivity index (χ0) is 18.5. The van der Waals surface area contributed by atoms with E-state index in [-0.39, 0.29) is 47.9 Å². The van der Waals surface area contributed by atoms with E-state index in [4.69, 9.17) is 0 Å². The second kappa shape index (κ2) is 6.14. The predicted octanol–water partition coefficient (Wildman–Crippen LogP) is -0.0677. The molecule has 140 valence electrons. The zero-order valence-electron chi connectivity index (χ0n) is 14.9. The number of hydrogen-bond donors (Lipinski definition) is 0. The van der Waals surface area contributed by atoms with Crippen molar-refractivity contribution in [2.24, 2.45) is 23.7 Å². The molecule has 0 radical (unpaired) electrons. The van der Waals surface area contributed by atoms with Crippen molar-refractivity contribution in [3.05, 3.63) is 30.6 Å². The smallest absolute Gasteiger partial charge is 0.242 e. The maximum Gasteiger partial charge on any atom is 0.242 e. The van der Waals surface area contributed by atoms with Crippen molar-refractivity contribution in [1.82, 2.24) is 19.8 Å². The fourth-order valence-corrected chi connectivity index (χ4v) is 4.97. The number of likely N-dealkylation sites (tertiary alicyclic amines) is 1. The molecule has 27 heavy (non-hydrogen) atoms. The van der Waals surface area contributed by atoms with Crippen LogP contribution < -0.4 is 4.90 Å². The summed E-state index contributed by atoms with van der Waals surface area (Å²) in [5.41, 5.74) is 0. The van der Waals surface area contributed by atoms with Crippen LogP contribution in [0.5, 0.6) is 0 Å². The van der Waals surface area contributed by atoms with Gasteiger partial charge in [0.05, 0.1) is 11.8 Å². The van der Waals surface area contributed by atoms with Gasteiger partial charge in [-0.1, -0.05) is 12.2 Å². The van der Waals surface area contributed by atoms with E-state index < -0.39 is 0 Å². The summed E-state index contributed by atoms with van der Waals surface area (Å²) in [4.78, 5) is 51.6. The second-order valence-electron chi connectivity index (χ2n) is 7.68. The molecule has 4 aliphatic rings. The van der Waals surface area contributed by atoms with Crippen molar-refractivity contribution in [3.63, 3.8) is 0 Å². The number of hydrogen-bond acceptors (Lipinski definition) is 6. The first-order valence-electron chi connectivity index (χ1n) is 9.47. The molecular formula is C19H21N5O3. The quantitative estimate of drug-likeness (QED) is 0.549. The molecule has 0 aromatic carbocycles. The molecule has 2 bridgehead atoms. The van der Waals surface area contributed by atoms with Gasteiger partial charge >= 0.3 is 0 Å². The van der Waals surface area contributed by atoms with Crippen molar-refractivity contribution in [1.29, 1.82) is 0 Å². The van der Waals surface area contributed by atoms with Crippen LogP contribution >= 0.6 is 0 Å². The highest BCUT2D eigenvalue weighted by atomic mass is 16.2. The lowest BCUT2D eigenvalue weighted by atomic mass is 9.85. The molecule has 2 aliphatic heterocycles. The van der Waals surface area contributed by atoms with E-state index in [0.29, 0.717) is 32.1 Å². The van der Waals surface area contributed by atoms with Gasteiger partial charge < -0.3 is 9.80 Å². The third-order valence-corrected chi connectivity index (χ3v) is 6.32. The van der Waals surface area contributed by atoms with Gasteiger partial charge in [0.25, 0.3) is 0 Å². The number of rotatable bonds is 3. The fraction of sp³-hybridized carbons (Fsp3) is 0.526. The van der Waals surface area contributed by atoms with Gasteiger partial charge in [0.1, 0.15) is 6.54 Å². The third-order valence-electron chi connectivity index (χ3n) is 6.32. The molecule has 4 atom stereocenters. The molecule has 3 heterocycles. The van der Waals surface area contributed by atoms with E-state index >= 15 is 0 Å². The molecule has 8 nitrogen and oxygen atoms in total. The second-order valence-corrected chi connectivity index (χ2v) is 7.68. The van der Waals surface area contributed by atoms with Crippen molar-refractivity contribution in [2.45, 2.75) is 6.42 Å². The van der Waals surface area contributed by atoms with E-state index in [0.717, 1.165) is 6.42 Å². The largest absolute Gasteiger partial charge is 0.338 e. The first kappa shape index (κ1) is 16.4. The highest BCUT2D eigenvalue weighted by Crippen LogP contribution is 2.52. The minimum atomic E-state index is -0.243. The van der Waals surface area contributed by atoms with Crippen LogP contribution in [0.3, 0.4) is 0 Å². The molecule has 0 unspecified atom stereocenters. The van der Waals surface area contributed by atoms with Crippen LogP contribution in [0.4, 0.5) is 5.95 Å². The predicted molar refractivity (Wildman–Crippen MR) is 95.3 cm³/mol. The normalized spacial score (nSPS) is 31.8. The van der Waals surface area contributed by atoms with Gasteiger partial charge in [-0.15, -0.1) is 0 Å². The number of piperazine rings is 1. The Morgan fingerprint density at radius 2 is 1.56 bits per heavy atom. The Hall–Kier alpha value is -2.77. The van der Waals surface area contributed by atoms with E-state index in [9.17, 15) is 14.4 Å². The molecular weight excluding hydrogens is 346 g/mol. The topological polar surface area (TPSA) is 86.7 Å². The average molecular weight is 367 g/mol. The summed E-state index contributed by atoms with van der Waals surface area (Å²) in [6.45, 7) is 2.21. The summed E-state index contributed by atoms with van der Waals surface area (Å²) < 4.78 is 0. The summed E-state index contributed by atoms with van der Waals surface area (Å²) >= 11 is 0. The SMILES string of the molecule is O=C(CN1C(=O)[C@@H]2[C@H](C1=O)[C@@H]1C=C[C@H]2C1)N1CCN(c2ncccn2)CC1. The van der Waals surface area contributed by atoms with Gasteiger partial charge in [-0.05, 0) is 24.3 Å². The van der Waals surface area contributed by atoms with Crippen LogP contribution in [0.15, 0.2) is 30.6 Å². The Morgan fingerprint density at radius 3 is 2.15 bits per heavy atom. The zero-order valence-corrected chi connectivity index (χ0v) is 14.9. The van der Waals surface area contributed by atoms with Gasteiger partial charge in [0, 0.05) is 38.6 Å². The summed E-state index contributed by atoms with van der Waals surface area (Å²) in [7, 11) is 0. The number of aromatic nitrogens is 2. The lowest BCUT2D eigenvalue weighted by Gasteiger charge is -2.35. The Morgan fingerprint density at radius 1 is 0.963 bits per heavy atom.